The molecule has 0 spiro atoms. The van der Waals surface area contributed by atoms with Crippen LogP contribution in [0.3, 0.4) is 0 Å². The van der Waals surface area contributed by atoms with Gasteiger partial charge < -0.3 is 26.0 Å². The number of nitrogens with zero attached hydrogens (tertiary/aromatic N) is 4. The van der Waals surface area contributed by atoms with Crippen molar-refractivity contribution in [2.45, 2.75) is 65.3 Å². The van der Waals surface area contributed by atoms with Gasteiger partial charge in [0.15, 0.2) is 17.0 Å². The van der Waals surface area contributed by atoms with Crippen molar-refractivity contribution in [3.05, 3.63) is 36.2 Å². The number of para-hydroxylation sites is 1. The topological polar surface area (TPSA) is 114 Å². The summed E-state index contributed by atoms with van der Waals surface area (Å²) in [7, 11) is 0. The normalized spacial score (nSPS) is 13.1. The summed E-state index contributed by atoms with van der Waals surface area (Å²) in [6, 6.07) is 7.96. The lowest BCUT2D eigenvalue weighted by Crippen LogP contribution is -2.29. The van der Waals surface area contributed by atoms with Crippen LogP contribution in [-0.2, 0) is 6.54 Å². The zero-order chi connectivity index (χ0) is 21.2. The molecule has 3 rings (SSSR count). The second-order valence-corrected chi connectivity index (χ2v) is 8.43. The van der Waals surface area contributed by atoms with Crippen molar-refractivity contribution in [3.63, 3.8) is 0 Å². The van der Waals surface area contributed by atoms with Crippen LogP contribution in [0.5, 0.6) is 0 Å². The fourth-order valence-electron chi connectivity index (χ4n) is 3.38. The molecule has 0 saturated heterocycles. The predicted molar refractivity (Wildman–Crippen MR) is 118 cm³/mol. The third-order valence-electron chi connectivity index (χ3n) is 4.66. The SMILES string of the molecule is CC(CC(C)(C)O)Nc1nc(NCc2ccccc2N)c2ncn(C(C)C)c2n1. The Balaban J connectivity index is 1.93. The zero-order valence-corrected chi connectivity index (χ0v) is 17.8. The Morgan fingerprint density at radius 2 is 1.90 bits per heavy atom. The van der Waals surface area contributed by atoms with Crippen LogP contribution in [-0.4, -0.2) is 36.3 Å². The third-order valence-corrected chi connectivity index (χ3v) is 4.66. The lowest BCUT2D eigenvalue weighted by atomic mass is 10.0. The van der Waals surface area contributed by atoms with Crippen LogP contribution in [0.2, 0.25) is 0 Å². The van der Waals surface area contributed by atoms with Gasteiger partial charge in [0.2, 0.25) is 5.95 Å². The molecule has 8 heteroatoms. The monoisotopic (exact) mass is 397 g/mol. The van der Waals surface area contributed by atoms with Crippen LogP contribution in [0.25, 0.3) is 11.2 Å². The van der Waals surface area contributed by atoms with Crippen LogP contribution in [0, 0.1) is 0 Å². The van der Waals surface area contributed by atoms with Crippen molar-refractivity contribution in [1.29, 1.82) is 0 Å². The van der Waals surface area contributed by atoms with E-state index in [-0.39, 0.29) is 12.1 Å². The molecule has 3 aromatic rings. The van der Waals surface area contributed by atoms with E-state index in [2.05, 4.69) is 34.4 Å². The van der Waals surface area contributed by atoms with Crippen LogP contribution >= 0.6 is 0 Å². The van der Waals surface area contributed by atoms with Crippen molar-refractivity contribution < 1.29 is 5.11 Å². The van der Waals surface area contributed by atoms with Gasteiger partial charge in [-0.3, -0.25) is 0 Å². The molecule has 1 atom stereocenters. The summed E-state index contributed by atoms with van der Waals surface area (Å²) in [6.45, 7) is 10.3. The largest absolute Gasteiger partial charge is 0.398 e. The molecule has 0 bridgehead atoms. The van der Waals surface area contributed by atoms with Crippen LogP contribution < -0.4 is 16.4 Å². The van der Waals surface area contributed by atoms with E-state index in [0.29, 0.717) is 30.2 Å². The van der Waals surface area contributed by atoms with Crippen molar-refractivity contribution in [2.24, 2.45) is 0 Å². The Kier molecular flexibility index (Phi) is 5.93. The van der Waals surface area contributed by atoms with Gasteiger partial charge in [-0.1, -0.05) is 18.2 Å². The van der Waals surface area contributed by atoms with Crippen molar-refractivity contribution in [2.75, 3.05) is 16.4 Å². The van der Waals surface area contributed by atoms with Gasteiger partial charge in [0.25, 0.3) is 0 Å². The highest BCUT2D eigenvalue weighted by molar-refractivity contribution is 5.84. The van der Waals surface area contributed by atoms with Gasteiger partial charge in [0, 0.05) is 24.3 Å². The summed E-state index contributed by atoms with van der Waals surface area (Å²) in [5, 5.41) is 16.8. The Morgan fingerprint density at radius 3 is 2.55 bits per heavy atom. The van der Waals surface area contributed by atoms with Crippen molar-refractivity contribution >= 4 is 28.6 Å². The Labute approximate surface area is 171 Å². The molecule has 5 N–H and O–H groups in total. The number of anilines is 3. The third kappa shape index (κ3) is 5.14. The molecule has 2 heterocycles. The highest BCUT2D eigenvalue weighted by atomic mass is 16.3. The van der Waals surface area contributed by atoms with Crippen LogP contribution in [0.15, 0.2) is 30.6 Å². The standard InChI is InChI=1S/C21H31N7O/c1-13(2)28-12-24-17-18(23-11-15-8-6-7-9-16(15)22)26-20(27-19(17)28)25-14(3)10-21(4,5)29/h6-9,12-14,29H,10-11,22H2,1-5H3,(H2,23,25,26,27). The van der Waals surface area contributed by atoms with Gasteiger partial charge in [-0.05, 0) is 52.7 Å². The summed E-state index contributed by atoms with van der Waals surface area (Å²) in [4.78, 5) is 13.9. The molecule has 1 aromatic carbocycles. The number of nitrogens with two attached hydrogens (primary N) is 1. The quantitative estimate of drug-likeness (QED) is 0.430. The molecule has 0 radical (unpaired) electrons. The minimum Gasteiger partial charge on any atom is -0.398 e. The minimum atomic E-state index is -0.776. The second-order valence-electron chi connectivity index (χ2n) is 8.43. The number of imidazole rings is 1. The first-order chi connectivity index (χ1) is 13.6. The smallest absolute Gasteiger partial charge is 0.226 e. The van der Waals surface area contributed by atoms with Gasteiger partial charge in [-0.25, -0.2) is 4.98 Å². The van der Waals surface area contributed by atoms with Gasteiger partial charge in [-0.2, -0.15) is 9.97 Å². The average molecular weight is 398 g/mol. The molecule has 0 aliphatic rings. The first-order valence-electron chi connectivity index (χ1n) is 9.95. The molecular formula is C21H31N7O. The van der Waals surface area contributed by atoms with E-state index in [1.807, 2.05) is 35.8 Å². The number of nitrogens with one attached hydrogen (secondary N) is 2. The van der Waals surface area contributed by atoms with Crippen LogP contribution in [0.4, 0.5) is 17.5 Å². The van der Waals surface area contributed by atoms with E-state index in [1.54, 1.807) is 20.2 Å². The average Bonchev–Trinajstić information content (AvgIpc) is 3.03. The minimum absolute atomic E-state index is 0.000453. The maximum atomic E-state index is 10.1. The molecule has 0 amide bonds. The van der Waals surface area contributed by atoms with Crippen molar-refractivity contribution in [3.8, 4) is 0 Å². The first-order valence-corrected chi connectivity index (χ1v) is 9.95. The molecule has 0 aliphatic carbocycles. The summed E-state index contributed by atoms with van der Waals surface area (Å²) < 4.78 is 2.02. The highest BCUT2D eigenvalue weighted by Gasteiger charge is 2.20. The molecule has 0 aliphatic heterocycles. The number of aliphatic hydroxyl groups is 1. The van der Waals surface area contributed by atoms with E-state index in [9.17, 15) is 5.11 Å². The molecule has 156 valence electrons. The number of rotatable bonds is 8. The van der Waals surface area contributed by atoms with Gasteiger partial charge in [0.05, 0.1) is 11.9 Å². The van der Waals surface area contributed by atoms with Gasteiger partial charge in [0.1, 0.15) is 0 Å². The fraction of sp³-hybridized carbons (Fsp3) is 0.476. The van der Waals surface area contributed by atoms with E-state index in [4.69, 9.17) is 10.7 Å². The Hall–Kier alpha value is -2.87. The highest BCUT2D eigenvalue weighted by Crippen LogP contribution is 2.25. The first kappa shape index (κ1) is 20.9. The zero-order valence-electron chi connectivity index (χ0n) is 17.8. The Bertz CT molecular complexity index is 975. The maximum Gasteiger partial charge on any atom is 0.226 e. The predicted octanol–water partition coefficient (Wildman–Crippen LogP) is 3.56. The van der Waals surface area contributed by atoms with Gasteiger partial charge >= 0.3 is 0 Å². The molecule has 1 unspecified atom stereocenters. The summed E-state index contributed by atoms with van der Waals surface area (Å²) >= 11 is 0. The molecule has 8 nitrogen and oxygen atoms in total. The summed E-state index contributed by atoms with van der Waals surface area (Å²) in [5.74, 6) is 1.15. The number of benzene rings is 1. The molecule has 29 heavy (non-hydrogen) atoms. The summed E-state index contributed by atoms with van der Waals surface area (Å²) in [6.07, 6.45) is 2.36. The molecule has 2 aromatic heterocycles. The number of hydrogen-bond donors (Lipinski definition) is 4. The van der Waals surface area contributed by atoms with E-state index in [0.717, 1.165) is 16.9 Å². The fourth-order valence-corrected chi connectivity index (χ4v) is 3.38. The van der Waals surface area contributed by atoms with Crippen molar-refractivity contribution in [1.82, 2.24) is 19.5 Å². The number of fused-ring (bicyclic) bond motifs is 1. The molecule has 0 fully saturated rings. The maximum absolute atomic E-state index is 10.1. The van der Waals surface area contributed by atoms with Gasteiger partial charge in [-0.15, -0.1) is 0 Å². The lowest BCUT2D eigenvalue weighted by molar-refractivity contribution is 0.0672. The van der Waals surface area contributed by atoms with E-state index >= 15 is 0 Å². The lowest BCUT2D eigenvalue weighted by Gasteiger charge is -2.23. The Morgan fingerprint density at radius 1 is 1.17 bits per heavy atom. The van der Waals surface area contributed by atoms with E-state index < -0.39 is 5.60 Å². The summed E-state index contributed by atoms with van der Waals surface area (Å²) in [5.41, 5.74) is 8.49. The van der Waals surface area contributed by atoms with Crippen LogP contribution in [0.1, 0.15) is 52.6 Å². The molecule has 0 saturated carbocycles. The number of hydrogen-bond acceptors (Lipinski definition) is 7. The number of nitrogen functional groups attached to an aromatic ring is 1. The second kappa shape index (κ2) is 8.24. The molecular weight excluding hydrogens is 366 g/mol. The van der Waals surface area contributed by atoms with E-state index in [1.165, 1.54) is 0 Å². The number of aromatic nitrogens is 4.